The van der Waals surface area contributed by atoms with Crippen molar-refractivity contribution in [2.24, 2.45) is 0 Å². The van der Waals surface area contributed by atoms with E-state index in [-0.39, 0.29) is 18.5 Å². The van der Waals surface area contributed by atoms with Gasteiger partial charge in [-0.1, -0.05) is 72.8 Å². The molecule has 3 aromatic rings. The molecule has 0 unspecified atom stereocenters. The molecule has 1 amide bonds. The molecule has 2 N–H and O–H groups in total. The summed E-state index contributed by atoms with van der Waals surface area (Å²) in [4.78, 5) is 12.3. The minimum atomic E-state index is -0.0188. The van der Waals surface area contributed by atoms with E-state index in [1.54, 1.807) is 7.11 Å². The molecule has 0 aliphatic carbocycles. The van der Waals surface area contributed by atoms with Crippen LogP contribution in [0.4, 0.5) is 0 Å². The summed E-state index contributed by atoms with van der Waals surface area (Å²) in [5.41, 5.74) is 3.44. The van der Waals surface area contributed by atoms with E-state index in [4.69, 9.17) is 4.74 Å². The third-order valence-electron chi connectivity index (χ3n) is 4.63. The molecular formula is C24H26N2O2. The van der Waals surface area contributed by atoms with E-state index in [1.165, 1.54) is 5.56 Å². The Hall–Kier alpha value is -3.11. The largest absolute Gasteiger partial charge is 0.497 e. The molecule has 0 saturated carbocycles. The summed E-state index contributed by atoms with van der Waals surface area (Å²) in [5, 5.41) is 6.37. The first-order valence-corrected chi connectivity index (χ1v) is 9.49. The topological polar surface area (TPSA) is 50.4 Å². The van der Waals surface area contributed by atoms with Crippen LogP contribution in [0, 0.1) is 0 Å². The standard InChI is InChI=1S/C24H26N2O2/c1-28-22-14-12-19(13-15-22)16-17-25-23(27)18-26-24(20-8-4-2-5-9-20)21-10-6-3-7-11-21/h2-15,24,26H,16-18H2,1H3,(H,25,27). The molecule has 0 aliphatic heterocycles. The number of benzene rings is 3. The van der Waals surface area contributed by atoms with E-state index in [0.717, 1.165) is 23.3 Å². The zero-order valence-electron chi connectivity index (χ0n) is 16.1. The van der Waals surface area contributed by atoms with Gasteiger partial charge in [-0.3, -0.25) is 10.1 Å². The first-order chi connectivity index (χ1) is 13.8. The van der Waals surface area contributed by atoms with Crippen LogP contribution in [-0.2, 0) is 11.2 Å². The number of hydrogen-bond donors (Lipinski definition) is 2. The fourth-order valence-electron chi connectivity index (χ4n) is 3.11. The minimum Gasteiger partial charge on any atom is -0.497 e. The molecule has 0 aromatic heterocycles. The second-order valence-electron chi connectivity index (χ2n) is 6.58. The average Bonchev–Trinajstić information content (AvgIpc) is 2.76. The molecule has 0 heterocycles. The molecule has 3 rings (SSSR count). The summed E-state index contributed by atoms with van der Waals surface area (Å²) in [5.74, 6) is 0.829. The van der Waals surface area contributed by atoms with Gasteiger partial charge in [0.15, 0.2) is 0 Å². The number of ether oxygens (including phenoxy) is 1. The lowest BCUT2D eigenvalue weighted by molar-refractivity contribution is -0.120. The summed E-state index contributed by atoms with van der Waals surface area (Å²) >= 11 is 0. The van der Waals surface area contributed by atoms with Gasteiger partial charge in [-0.25, -0.2) is 0 Å². The van der Waals surface area contributed by atoms with Gasteiger partial charge in [0, 0.05) is 6.54 Å². The normalized spacial score (nSPS) is 10.6. The van der Waals surface area contributed by atoms with Crippen molar-refractivity contribution in [3.8, 4) is 5.75 Å². The highest BCUT2D eigenvalue weighted by Gasteiger charge is 2.14. The first-order valence-electron chi connectivity index (χ1n) is 9.49. The van der Waals surface area contributed by atoms with Crippen LogP contribution in [0.2, 0.25) is 0 Å². The highest BCUT2D eigenvalue weighted by Crippen LogP contribution is 2.21. The Balaban J connectivity index is 1.52. The summed E-state index contributed by atoms with van der Waals surface area (Å²) in [6.07, 6.45) is 0.788. The van der Waals surface area contributed by atoms with E-state index in [2.05, 4.69) is 34.9 Å². The first kappa shape index (κ1) is 19.6. The summed E-state index contributed by atoms with van der Waals surface area (Å²) in [7, 11) is 1.65. The van der Waals surface area contributed by atoms with E-state index in [9.17, 15) is 4.79 Å². The molecule has 144 valence electrons. The molecule has 0 bridgehead atoms. The van der Waals surface area contributed by atoms with Crippen molar-refractivity contribution in [2.45, 2.75) is 12.5 Å². The SMILES string of the molecule is COc1ccc(CCNC(=O)CNC(c2ccccc2)c2ccccc2)cc1. The lowest BCUT2D eigenvalue weighted by atomic mass is 9.99. The molecule has 0 aliphatic rings. The van der Waals surface area contributed by atoms with Crippen molar-refractivity contribution in [1.82, 2.24) is 10.6 Å². The number of nitrogens with one attached hydrogen (secondary N) is 2. The average molecular weight is 374 g/mol. The van der Waals surface area contributed by atoms with Gasteiger partial charge in [-0.05, 0) is 35.2 Å². The monoisotopic (exact) mass is 374 g/mol. The Morgan fingerprint density at radius 2 is 1.43 bits per heavy atom. The summed E-state index contributed by atoms with van der Waals surface area (Å²) in [6.45, 7) is 0.866. The molecule has 0 radical (unpaired) electrons. The van der Waals surface area contributed by atoms with Crippen LogP contribution in [0.1, 0.15) is 22.7 Å². The minimum absolute atomic E-state index is 0.00891. The zero-order valence-corrected chi connectivity index (χ0v) is 16.1. The highest BCUT2D eigenvalue weighted by atomic mass is 16.5. The van der Waals surface area contributed by atoms with Crippen molar-refractivity contribution >= 4 is 5.91 Å². The third-order valence-corrected chi connectivity index (χ3v) is 4.63. The quantitative estimate of drug-likeness (QED) is 0.600. The predicted molar refractivity (Wildman–Crippen MR) is 112 cm³/mol. The smallest absolute Gasteiger partial charge is 0.233 e. The van der Waals surface area contributed by atoms with Gasteiger partial charge in [-0.2, -0.15) is 0 Å². The molecule has 4 nitrogen and oxygen atoms in total. The molecular weight excluding hydrogens is 348 g/mol. The number of carbonyl (C=O) groups excluding carboxylic acids is 1. The van der Waals surface area contributed by atoms with Gasteiger partial charge in [0.1, 0.15) is 5.75 Å². The van der Waals surface area contributed by atoms with Crippen LogP contribution in [0.3, 0.4) is 0 Å². The fraction of sp³-hybridized carbons (Fsp3) is 0.208. The summed E-state index contributed by atoms with van der Waals surface area (Å²) in [6, 6.07) is 28.2. The van der Waals surface area contributed by atoms with Gasteiger partial charge >= 0.3 is 0 Å². The molecule has 3 aromatic carbocycles. The number of amides is 1. The highest BCUT2D eigenvalue weighted by molar-refractivity contribution is 5.78. The lowest BCUT2D eigenvalue weighted by Gasteiger charge is -2.19. The van der Waals surface area contributed by atoms with Crippen LogP contribution in [0.5, 0.6) is 5.75 Å². The van der Waals surface area contributed by atoms with Crippen LogP contribution in [0.25, 0.3) is 0 Å². The predicted octanol–water partition coefficient (Wildman–Crippen LogP) is 3.73. The lowest BCUT2D eigenvalue weighted by Crippen LogP contribution is -2.37. The van der Waals surface area contributed by atoms with Crippen LogP contribution < -0.4 is 15.4 Å². The number of hydrogen-bond acceptors (Lipinski definition) is 3. The van der Waals surface area contributed by atoms with E-state index >= 15 is 0 Å². The molecule has 0 saturated heterocycles. The van der Waals surface area contributed by atoms with Crippen molar-refractivity contribution in [3.05, 3.63) is 102 Å². The second kappa shape index (κ2) is 10.3. The maximum absolute atomic E-state index is 12.3. The summed E-state index contributed by atoms with van der Waals surface area (Å²) < 4.78 is 5.16. The van der Waals surface area contributed by atoms with Gasteiger partial charge in [0.25, 0.3) is 0 Å². The van der Waals surface area contributed by atoms with Crippen LogP contribution in [-0.4, -0.2) is 26.1 Å². The molecule has 4 heteroatoms. The van der Waals surface area contributed by atoms with E-state index < -0.39 is 0 Å². The third kappa shape index (κ3) is 5.69. The Labute approximate surface area is 166 Å². The Morgan fingerprint density at radius 1 is 0.857 bits per heavy atom. The van der Waals surface area contributed by atoms with Gasteiger partial charge in [-0.15, -0.1) is 0 Å². The zero-order chi connectivity index (χ0) is 19.6. The van der Waals surface area contributed by atoms with Gasteiger partial charge < -0.3 is 10.1 Å². The van der Waals surface area contributed by atoms with E-state index in [0.29, 0.717) is 6.54 Å². The van der Waals surface area contributed by atoms with E-state index in [1.807, 2.05) is 60.7 Å². The fourth-order valence-corrected chi connectivity index (χ4v) is 3.11. The second-order valence-corrected chi connectivity index (χ2v) is 6.58. The molecule has 0 spiro atoms. The maximum atomic E-state index is 12.3. The van der Waals surface area contributed by atoms with Gasteiger partial charge in [0.05, 0.1) is 19.7 Å². The molecule has 0 fully saturated rings. The molecule has 28 heavy (non-hydrogen) atoms. The Bertz CT molecular complexity index is 809. The maximum Gasteiger partial charge on any atom is 0.233 e. The number of rotatable bonds is 9. The van der Waals surface area contributed by atoms with Crippen LogP contribution in [0.15, 0.2) is 84.9 Å². The number of methoxy groups -OCH3 is 1. The Kier molecular flexibility index (Phi) is 7.21. The van der Waals surface area contributed by atoms with Crippen molar-refractivity contribution in [2.75, 3.05) is 20.2 Å². The number of carbonyl (C=O) groups is 1. The van der Waals surface area contributed by atoms with Crippen molar-refractivity contribution in [1.29, 1.82) is 0 Å². The van der Waals surface area contributed by atoms with Gasteiger partial charge in [0.2, 0.25) is 5.91 Å². The van der Waals surface area contributed by atoms with Crippen molar-refractivity contribution in [3.63, 3.8) is 0 Å². The Morgan fingerprint density at radius 3 is 1.96 bits per heavy atom. The van der Waals surface area contributed by atoms with Crippen LogP contribution >= 0.6 is 0 Å². The molecule has 0 atom stereocenters. The van der Waals surface area contributed by atoms with Crippen molar-refractivity contribution < 1.29 is 9.53 Å².